The maximum atomic E-state index is 11.1. The summed E-state index contributed by atoms with van der Waals surface area (Å²) in [5.74, 6) is 0.407. The first-order chi connectivity index (χ1) is 8.55. The summed E-state index contributed by atoms with van der Waals surface area (Å²) < 4.78 is 0. The zero-order valence-electron chi connectivity index (χ0n) is 11.1. The van der Waals surface area contributed by atoms with Crippen molar-refractivity contribution >= 4 is 6.29 Å². The van der Waals surface area contributed by atoms with Crippen molar-refractivity contribution in [1.29, 1.82) is 0 Å². The van der Waals surface area contributed by atoms with E-state index in [2.05, 4.69) is 13.0 Å². The number of aliphatic hydroxyl groups is 2. The second-order valence-electron chi connectivity index (χ2n) is 6.17. The van der Waals surface area contributed by atoms with Crippen LogP contribution in [-0.4, -0.2) is 28.7 Å². The van der Waals surface area contributed by atoms with Gasteiger partial charge in [-0.15, -0.1) is 0 Å². The smallest absolute Gasteiger partial charge is 0.123 e. The third kappa shape index (κ3) is 2.14. The minimum Gasteiger partial charge on any atom is -0.396 e. The summed E-state index contributed by atoms with van der Waals surface area (Å²) in [4.78, 5) is 11.1. The molecule has 0 aliphatic heterocycles. The van der Waals surface area contributed by atoms with E-state index in [-0.39, 0.29) is 17.9 Å². The molecule has 0 aromatic rings. The quantitative estimate of drug-likeness (QED) is 0.595. The van der Waals surface area contributed by atoms with Gasteiger partial charge in [0.2, 0.25) is 0 Å². The van der Waals surface area contributed by atoms with E-state index in [0.29, 0.717) is 12.3 Å². The largest absolute Gasteiger partial charge is 0.396 e. The summed E-state index contributed by atoms with van der Waals surface area (Å²) in [5.41, 5.74) is -0.902. The van der Waals surface area contributed by atoms with Crippen LogP contribution in [0.1, 0.15) is 45.4 Å². The van der Waals surface area contributed by atoms with Gasteiger partial charge in [-0.2, -0.15) is 0 Å². The number of rotatable bonds is 4. The van der Waals surface area contributed by atoms with Crippen molar-refractivity contribution in [2.75, 3.05) is 6.61 Å². The molecule has 0 bridgehead atoms. The Morgan fingerprint density at radius 1 is 1.33 bits per heavy atom. The fourth-order valence-electron chi connectivity index (χ4n) is 3.86. The second kappa shape index (κ2) is 5.14. The number of carbonyl (C=O) groups is 1. The van der Waals surface area contributed by atoms with Crippen molar-refractivity contribution in [2.24, 2.45) is 17.3 Å². The van der Waals surface area contributed by atoms with Gasteiger partial charge in [0.25, 0.3) is 0 Å². The van der Waals surface area contributed by atoms with Crippen molar-refractivity contribution in [2.45, 2.75) is 51.0 Å². The van der Waals surface area contributed by atoms with Crippen LogP contribution in [0.25, 0.3) is 0 Å². The Morgan fingerprint density at radius 3 is 2.78 bits per heavy atom. The van der Waals surface area contributed by atoms with E-state index in [1.165, 1.54) is 0 Å². The molecule has 4 atom stereocenters. The lowest BCUT2D eigenvalue weighted by Gasteiger charge is -2.48. The van der Waals surface area contributed by atoms with Gasteiger partial charge in [0.05, 0.1) is 5.60 Å². The van der Waals surface area contributed by atoms with Gasteiger partial charge in [-0.3, -0.25) is 0 Å². The summed E-state index contributed by atoms with van der Waals surface area (Å²) in [5, 5.41) is 19.6. The Balaban J connectivity index is 2.07. The predicted molar refractivity (Wildman–Crippen MR) is 70.0 cm³/mol. The van der Waals surface area contributed by atoms with Gasteiger partial charge >= 0.3 is 0 Å². The van der Waals surface area contributed by atoms with Crippen LogP contribution in [0.15, 0.2) is 12.2 Å². The second-order valence-corrected chi connectivity index (χ2v) is 6.17. The number of hydrogen-bond acceptors (Lipinski definition) is 3. The summed E-state index contributed by atoms with van der Waals surface area (Å²) in [7, 11) is 0. The molecule has 0 spiro atoms. The van der Waals surface area contributed by atoms with Gasteiger partial charge in [0.15, 0.2) is 0 Å². The zero-order chi connectivity index (χ0) is 13.2. The molecule has 0 heterocycles. The lowest BCUT2D eigenvalue weighted by molar-refractivity contribution is -0.129. The molecule has 3 nitrogen and oxygen atoms in total. The van der Waals surface area contributed by atoms with Gasteiger partial charge in [-0.25, -0.2) is 0 Å². The topological polar surface area (TPSA) is 57.5 Å². The molecule has 18 heavy (non-hydrogen) atoms. The van der Waals surface area contributed by atoms with Crippen LogP contribution < -0.4 is 0 Å². The van der Waals surface area contributed by atoms with Gasteiger partial charge in [0.1, 0.15) is 6.29 Å². The summed E-state index contributed by atoms with van der Waals surface area (Å²) in [6.45, 7) is 2.26. The van der Waals surface area contributed by atoms with E-state index in [0.717, 1.165) is 38.4 Å². The van der Waals surface area contributed by atoms with E-state index in [1.54, 1.807) is 0 Å². The molecule has 0 unspecified atom stereocenters. The third-order valence-corrected chi connectivity index (χ3v) is 5.25. The van der Waals surface area contributed by atoms with Crippen LogP contribution in [0.2, 0.25) is 0 Å². The summed E-state index contributed by atoms with van der Waals surface area (Å²) in [6.07, 6.45) is 10.1. The molecule has 3 heteroatoms. The molecule has 0 radical (unpaired) electrons. The van der Waals surface area contributed by atoms with Crippen molar-refractivity contribution < 1.29 is 15.0 Å². The molecule has 0 amide bonds. The van der Waals surface area contributed by atoms with Crippen LogP contribution in [-0.2, 0) is 4.79 Å². The fraction of sp³-hybridized carbons (Fsp3) is 0.800. The highest BCUT2D eigenvalue weighted by atomic mass is 16.3. The number of hydrogen-bond donors (Lipinski definition) is 2. The van der Waals surface area contributed by atoms with Gasteiger partial charge in [0, 0.05) is 17.9 Å². The minimum atomic E-state index is -0.676. The number of aldehydes is 1. The molecular weight excluding hydrogens is 228 g/mol. The average molecular weight is 252 g/mol. The number of allylic oxidation sites excluding steroid dienone is 1. The molecule has 2 saturated carbocycles. The van der Waals surface area contributed by atoms with E-state index in [1.807, 2.05) is 6.08 Å². The predicted octanol–water partition coefficient (Wildman–Crippen LogP) is 2.07. The van der Waals surface area contributed by atoms with E-state index < -0.39 is 5.60 Å². The molecule has 0 aromatic heterocycles. The first-order valence-corrected chi connectivity index (χ1v) is 7.01. The average Bonchev–Trinajstić information content (AvgIpc) is 2.61. The Bertz CT molecular complexity index is 339. The molecule has 2 rings (SSSR count). The lowest BCUT2D eigenvalue weighted by atomic mass is 9.60. The number of fused-ring (bicyclic) bond motifs is 1. The normalized spacial score (nSPS) is 44.2. The Morgan fingerprint density at radius 2 is 2.11 bits per heavy atom. The molecule has 2 aliphatic rings. The minimum absolute atomic E-state index is 0.0184. The molecule has 2 aliphatic carbocycles. The van der Waals surface area contributed by atoms with Gasteiger partial charge in [-0.1, -0.05) is 19.1 Å². The van der Waals surface area contributed by atoms with Crippen LogP contribution in [0.5, 0.6) is 0 Å². The molecule has 2 fully saturated rings. The number of aliphatic hydroxyl groups excluding tert-OH is 1. The molecular formula is C15H24O3. The Hall–Kier alpha value is -0.670. The Labute approximate surface area is 109 Å². The van der Waals surface area contributed by atoms with Gasteiger partial charge < -0.3 is 15.0 Å². The molecule has 102 valence electrons. The van der Waals surface area contributed by atoms with Crippen LogP contribution in [0.3, 0.4) is 0 Å². The van der Waals surface area contributed by atoms with Crippen molar-refractivity contribution in [1.82, 2.24) is 0 Å². The maximum Gasteiger partial charge on any atom is 0.123 e. The fourth-order valence-corrected chi connectivity index (χ4v) is 3.86. The monoisotopic (exact) mass is 252 g/mol. The maximum absolute atomic E-state index is 11.1. The molecule has 2 N–H and O–H groups in total. The Kier molecular flexibility index (Phi) is 3.93. The van der Waals surface area contributed by atoms with Gasteiger partial charge in [-0.05, 0) is 44.4 Å². The highest BCUT2D eigenvalue weighted by molar-refractivity contribution is 5.57. The highest BCUT2D eigenvalue weighted by Gasteiger charge is 2.58. The van der Waals surface area contributed by atoms with Crippen LogP contribution >= 0.6 is 0 Å². The third-order valence-electron chi connectivity index (χ3n) is 5.25. The first kappa shape index (κ1) is 13.8. The van der Waals surface area contributed by atoms with E-state index in [4.69, 9.17) is 5.11 Å². The van der Waals surface area contributed by atoms with E-state index >= 15 is 0 Å². The summed E-state index contributed by atoms with van der Waals surface area (Å²) in [6, 6.07) is 0. The van der Waals surface area contributed by atoms with Crippen molar-refractivity contribution in [3.8, 4) is 0 Å². The highest BCUT2D eigenvalue weighted by Crippen LogP contribution is 2.58. The van der Waals surface area contributed by atoms with Crippen LogP contribution in [0, 0.1) is 17.3 Å². The number of carbonyl (C=O) groups excluding carboxylic acids is 1. The molecule has 0 saturated heterocycles. The zero-order valence-corrected chi connectivity index (χ0v) is 11.1. The standard InChI is InChI=1S/C15H24O3/c1-14-7-5-12(4-2-3-9-16)10-15(14,18)8-6-13(14)11-17/h2,4,11-13,16,18H,3,5-10H2,1H3/b4-2+/t12-,13+,14+,15-/m0/s1. The molecule has 0 aromatic carbocycles. The van der Waals surface area contributed by atoms with Crippen molar-refractivity contribution in [3.63, 3.8) is 0 Å². The first-order valence-electron chi connectivity index (χ1n) is 7.01. The van der Waals surface area contributed by atoms with Crippen LogP contribution in [0.4, 0.5) is 0 Å². The lowest BCUT2D eigenvalue weighted by Crippen LogP contribution is -2.49. The van der Waals surface area contributed by atoms with Crippen molar-refractivity contribution in [3.05, 3.63) is 12.2 Å². The SMILES string of the molecule is C[C@]12CC[C@H](/C=C/CCO)C[C@@]1(O)CC[C@@H]2C=O. The van der Waals surface area contributed by atoms with E-state index in [9.17, 15) is 9.90 Å². The summed E-state index contributed by atoms with van der Waals surface area (Å²) >= 11 is 0.